The van der Waals surface area contributed by atoms with Crippen LogP contribution in [0, 0.1) is 0 Å². The Balaban J connectivity index is 0.00000364. The van der Waals surface area contributed by atoms with E-state index < -0.39 is 0 Å². The van der Waals surface area contributed by atoms with E-state index in [-0.39, 0.29) is 30.1 Å². The quantitative estimate of drug-likeness (QED) is 0.327. The summed E-state index contributed by atoms with van der Waals surface area (Å²) in [7, 11) is 1.75. The number of hydrogen-bond donors (Lipinski definition) is 1. The molecule has 9 heteroatoms. The summed E-state index contributed by atoms with van der Waals surface area (Å²) in [6, 6.07) is 0.500. The first kappa shape index (κ1) is 24.2. The van der Waals surface area contributed by atoms with E-state index in [9.17, 15) is 4.79 Å². The van der Waals surface area contributed by atoms with Crippen LogP contribution in [0.1, 0.15) is 26.7 Å². The third-order valence-corrected chi connectivity index (χ3v) is 4.97. The molecule has 2 rings (SSSR count). The molecule has 2 saturated heterocycles. The van der Waals surface area contributed by atoms with Crippen LogP contribution in [0.5, 0.6) is 0 Å². The second-order valence-corrected chi connectivity index (χ2v) is 6.69. The van der Waals surface area contributed by atoms with Crippen molar-refractivity contribution in [2.75, 3.05) is 72.7 Å². The normalized spacial score (nSPS) is 21.1. The Morgan fingerprint density at radius 1 is 1.15 bits per heavy atom. The predicted molar refractivity (Wildman–Crippen MR) is 118 cm³/mol. The van der Waals surface area contributed by atoms with Crippen molar-refractivity contribution in [1.29, 1.82) is 0 Å². The largest absolute Gasteiger partial charge is 0.450 e. The van der Waals surface area contributed by atoms with Crippen molar-refractivity contribution in [1.82, 2.24) is 20.0 Å². The van der Waals surface area contributed by atoms with Crippen molar-refractivity contribution in [2.45, 2.75) is 32.7 Å². The maximum atomic E-state index is 11.8. The Morgan fingerprint density at radius 2 is 1.85 bits per heavy atom. The molecule has 1 amide bonds. The molecule has 0 radical (unpaired) electrons. The smallest absolute Gasteiger partial charge is 0.409 e. The molecule has 2 heterocycles. The van der Waals surface area contributed by atoms with Crippen LogP contribution in [-0.2, 0) is 9.47 Å². The van der Waals surface area contributed by atoms with Gasteiger partial charge in [0.2, 0.25) is 0 Å². The monoisotopic (exact) mass is 497 g/mol. The minimum Gasteiger partial charge on any atom is -0.450 e. The number of nitrogens with zero attached hydrogens (tertiary/aromatic N) is 4. The number of rotatable bonds is 7. The minimum atomic E-state index is -0.214. The van der Waals surface area contributed by atoms with Crippen molar-refractivity contribution in [2.24, 2.45) is 4.99 Å². The fraction of sp³-hybridized carbons (Fsp3) is 0.889. The molecule has 1 N–H and O–H groups in total. The van der Waals surface area contributed by atoms with Crippen LogP contribution < -0.4 is 5.32 Å². The van der Waals surface area contributed by atoms with Crippen molar-refractivity contribution in [3.8, 4) is 0 Å². The number of nitrogens with one attached hydrogen (secondary N) is 1. The summed E-state index contributed by atoms with van der Waals surface area (Å²) in [6.07, 6.45) is 2.22. The summed E-state index contributed by atoms with van der Waals surface area (Å²) in [4.78, 5) is 23.2. The summed E-state index contributed by atoms with van der Waals surface area (Å²) >= 11 is 0. The molecule has 0 aliphatic carbocycles. The first-order valence-corrected chi connectivity index (χ1v) is 9.87. The maximum absolute atomic E-state index is 11.8. The number of amides is 1. The average Bonchev–Trinajstić information content (AvgIpc) is 3.11. The van der Waals surface area contributed by atoms with Crippen molar-refractivity contribution in [3.63, 3.8) is 0 Å². The van der Waals surface area contributed by atoms with Gasteiger partial charge in [-0.3, -0.25) is 9.89 Å². The molecular formula is C18H36IN5O3. The maximum Gasteiger partial charge on any atom is 0.409 e. The van der Waals surface area contributed by atoms with E-state index in [0.29, 0.717) is 25.7 Å². The van der Waals surface area contributed by atoms with E-state index in [1.807, 2.05) is 6.92 Å². The molecule has 0 bridgehead atoms. The Hall–Kier alpha value is -0.810. The second-order valence-electron chi connectivity index (χ2n) is 6.69. The Bertz CT molecular complexity index is 458. The van der Waals surface area contributed by atoms with Crippen molar-refractivity contribution in [3.05, 3.63) is 0 Å². The number of aliphatic imine (C=N–C) groups is 1. The number of carbonyl (C=O) groups excluding carboxylic acids is 1. The van der Waals surface area contributed by atoms with E-state index in [1.165, 1.54) is 12.8 Å². The van der Waals surface area contributed by atoms with Crippen LogP contribution in [0.25, 0.3) is 0 Å². The van der Waals surface area contributed by atoms with E-state index >= 15 is 0 Å². The zero-order valence-electron chi connectivity index (χ0n) is 17.0. The number of carbonyl (C=O) groups is 1. The van der Waals surface area contributed by atoms with E-state index in [2.05, 4.69) is 22.0 Å². The van der Waals surface area contributed by atoms with Crippen LogP contribution in [0.3, 0.4) is 0 Å². The lowest BCUT2D eigenvalue weighted by atomic mass is 10.2. The minimum absolute atomic E-state index is 0. The van der Waals surface area contributed by atoms with Gasteiger partial charge in [-0.15, -0.1) is 24.0 Å². The number of methoxy groups -OCH3 is 1. The zero-order chi connectivity index (χ0) is 18.8. The van der Waals surface area contributed by atoms with Gasteiger partial charge in [0.05, 0.1) is 19.8 Å². The molecule has 0 aromatic rings. The highest BCUT2D eigenvalue weighted by Gasteiger charge is 2.26. The van der Waals surface area contributed by atoms with Crippen LogP contribution in [0.2, 0.25) is 0 Å². The van der Waals surface area contributed by atoms with E-state index in [4.69, 9.17) is 14.5 Å². The number of hydrogen-bond acceptors (Lipinski definition) is 5. The zero-order valence-corrected chi connectivity index (χ0v) is 19.3. The molecule has 2 aliphatic heterocycles. The molecule has 2 aliphatic rings. The molecule has 158 valence electrons. The average molecular weight is 497 g/mol. The number of piperazine rings is 1. The van der Waals surface area contributed by atoms with Gasteiger partial charge in [-0.05, 0) is 33.2 Å². The number of guanidine groups is 1. The van der Waals surface area contributed by atoms with Gasteiger partial charge in [-0.2, -0.15) is 0 Å². The topological polar surface area (TPSA) is 69.6 Å². The number of ether oxygens (including phenoxy) is 2. The second kappa shape index (κ2) is 13.4. The third-order valence-electron chi connectivity index (χ3n) is 4.97. The Kier molecular flexibility index (Phi) is 12.0. The van der Waals surface area contributed by atoms with Crippen LogP contribution in [0.15, 0.2) is 4.99 Å². The Morgan fingerprint density at radius 3 is 2.48 bits per heavy atom. The van der Waals surface area contributed by atoms with Gasteiger partial charge >= 0.3 is 6.09 Å². The van der Waals surface area contributed by atoms with Gasteiger partial charge in [-0.25, -0.2) is 4.79 Å². The van der Waals surface area contributed by atoms with Gasteiger partial charge in [0.15, 0.2) is 5.96 Å². The third kappa shape index (κ3) is 7.61. The van der Waals surface area contributed by atoms with Gasteiger partial charge in [0, 0.05) is 52.4 Å². The lowest BCUT2D eigenvalue weighted by Crippen LogP contribution is -2.54. The Labute approximate surface area is 180 Å². The lowest BCUT2D eigenvalue weighted by Gasteiger charge is -2.36. The van der Waals surface area contributed by atoms with Crippen LogP contribution in [-0.4, -0.2) is 105 Å². The van der Waals surface area contributed by atoms with Gasteiger partial charge in [0.1, 0.15) is 0 Å². The summed E-state index contributed by atoms with van der Waals surface area (Å²) in [5.74, 6) is 0.953. The molecule has 2 fully saturated rings. The first-order valence-electron chi connectivity index (χ1n) is 9.87. The highest BCUT2D eigenvalue weighted by molar-refractivity contribution is 14.0. The summed E-state index contributed by atoms with van der Waals surface area (Å²) in [5.41, 5.74) is 0. The SMILES string of the molecule is CCNC(=NCC1CCCN1CCOC)N1CCN(C(=O)OCC)CC1.I. The molecular weight excluding hydrogens is 461 g/mol. The van der Waals surface area contributed by atoms with Gasteiger partial charge in [0.25, 0.3) is 0 Å². The molecule has 1 atom stereocenters. The van der Waals surface area contributed by atoms with Crippen molar-refractivity contribution < 1.29 is 14.3 Å². The number of halogens is 1. The molecule has 0 aromatic carbocycles. The van der Waals surface area contributed by atoms with Gasteiger partial charge < -0.3 is 24.6 Å². The summed E-state index contributed by atoms with van der Waals surface area (Å²) < 4.78 is 10.3. The highest BCUT2D eigenvalue weighted by atomic mass is 127. The molecule has 0 aromatic heterocycles. The van der Waals surface area contributed by atoms with Gasteiger partial charge in [-0.1, -0.05) is 0 Å². The fourth-order valence-electron chi connectivity index (χ4n) is 3.54. The molecule has 0 spiro atoms. The standard InChI is InChI=1S/C18H35N5O3.HI/c1-4-19-17(20-15-16-7-6-8-21(16)13-14-25-3)22-9-11-23(12-10-22)18(24)26-5-2;/h16H,4-15H2,1-3H3,(H,19,20);1H. The lowest BCUT2D eigenvalue weighted by molar-refractivity contribution is 0.0914. The highest BCUT2D eigenvalue weighted by Crippen LogP contribution is 2.17. The van der Waals surface area contributed by atoms with E-state index in [1.54, 1.807) is 12.0 Å². The predicted octanol–water partition coefficient (Wildman–Crippen LogP) is 1.45. The number of likely N-dealkylation sites (tertiary alicyclic amines) is 1. The van der Waals surface area contributed by atoms with Crippen LogP contribution in [0.4, 0.5) is 4.79 Å². The summed E-state index contributed by atoms with van der Waals surface area (Å²) in [6.45, 7) is 11.8. The fourth-order valence-corrected chi connectivity index (χ4v) is 3.54. The first-order chi connectivity index (χ1) is 12.7. The summed E-state index contributed by atoms with van der Waals surface area (Å²) in [5, 5.41) is 3.40. The van der Waals surface area contributed by atoms with E-state index in [0.717, 1.165) is 51.8 Å². The molecule has 27 heavy (non-hydrogen) atoms. The molecule has 1 unspecified atom stereocenters. The van der Waals surface area contributed by atoms with Crippen LogP contribution >= 0.6 is 24.0 Å². The molecule has 8 nitrogen and oxygen atoms in total. The molecule has 0 saturated carbocycles. The van der Waals surface area contributed by atoms with Crippen molar-refractivity contribution >= 4 is 36.0 Å².